The molecule has 1 aromatic rings. The number of hydrogen-bond acceptors (Lipinski definition) is 2. The number of aromatic nitrogens is 1. The van der Waals surface area contributed by atoms with Gasteiger partial charge in [-0.3, -0.25) is 9.59 Å². The lowest BCUT2D eigenvalue weighted by molar-refractivity contribution is -0.128. The maximum atomic E-state index is 12.1. The van der Waals surface area contributed by atoms with Gasteiger partial charge in [0.1, 0.15) is 5.69 Å². The van der Waals surface area contributed by atoms with Crippen molar-refractivity contribution in [1.82, 2.24) is 14.8 Å². The van der Waals surface area contributed by atoms with Crippen LogP contribution in [0.1, 0.15) is 37.3 Å². The van der Waals surface area contributed by atoms with E-state index in [2.05, 4.69) is 21.2 Å². The van der Waals surface area contributed by atoms with Crippen molar-refractivity contribution in [2.45, 2.75) is 26.8 Å². The van der Waals surface area contributed by atoms with Crippen LogP contribution in [0.3, 0.4) is 0 Å². The zero-order valence-corrected chi connectivity index (χ0v) is 13.3. The molecule has 19 heavy (non-hydrogen) atoms. The van der Waals surface area contributed by atoms with Gasteiger partial charge in [-0.25, -0.2) is 0 Å². The van der Waals surface area contributed by atoms with Crippen molar-refractivity contribution in [1.29, 1.82) is 0 Å². The molecule has 1 N–H and O–H groups in total. The maximum Gasteiger partial charge on any atom is 0.268 e. The van der Waals surface area contributed by atoms with E-state index in [0.717, 1.165) is 4.47 Å². The Morgan fingerprint density at radius 2 is 2.11 bits per heavy atom. The third kappa shape index (κ3) is 4.09. The van der Waals surface area contributed by atoms with Crippen molar-refractivity contribution in [2.75, 3.05) is 20.1 Å². The molecule has 0 spiro atoms. The SMILES string of the molecule is CCN(C)C(=O)CNC(=O)c1cc(Br)cn1C(C)C. The van der Waals surface area contributed by atoms with Crippen LogP contribution in [-0.2, 0) is 4.79 Å². The lowest BCUT2D eigenvalue weighted by atomic mass is 10.3. The van der Waals surface area contributed by atoms with Gasteiger partial charge in [0, 0.05) is 30.3 Å². The summed E-state index contributed by atoms with van der Waals surface area (Å²) in [6, 6.07) is 1.93. The number of carbonyl (C=O) groups excluding carboxylic acids is 2. The van der Waals surface area contributed by atoms with E-state index in [0.29, 0.717) is 12.2 Å². The molecule has 0 aliphatic carbocycles. The Kier molecular flexibility index (Phi) is 5.60. The molecule has 0 aliphatic rings. The molecule has 106 valence electrons. The molecule has 0 saturated heterocycles. The Morgan fingerprint density at radius 3 is 2.63 bits per heavy atom. The summed E-state index contributed by atoms with van der Waals surface area (Å²) in [6.45, 7) is 6.53. The standard InChI is InChI=1S/C13H20BrN3O2/c1-5-16(4)12(18)7-15-13(19)11-6-10(14)8-17(11)9(2)3/h6,8-9H,5,7H2,1-4H3,(H,15,19). The average molecular weight is 330 g/mol. The molecule has 0 bridgehead atoms. The van der Waals surface area contributed by atoms with Gasteiger partial charge in [0.05, 0.1) is 6.54 Å². The summed E-state index contributed by atoms with van der Waals surface area (Å²) in [5, 5.41) is 2.65. The van der Waals surface area contributed by atoms with Crippen molar-refractivity contribution < 1.29 is 9.59 Å². The van der Waals surface area contributed by atoms with Gasteiger partial charge in [-0.15, -0.1) is 0 Å². The Bertz CT molecular complexity index is 468. The van der Waals surface area contributed by atoms with Gasteiger partial charge in [-0.1, -0.05) is 0 Å². The molecular weight excluding hydrogens is 310 g/mol. The fraction of sp³-hybridized carbons (Fsp3) is 0.538. The Hall–Kier alpha value is -1.30. The molecule has 0 saturated carbocycles. The maximum absolute atomic E-state index is 12.1. The van der Waals surface area contributed by atoms with Crippen LogP contribution < -0.4 is 5.32 Å². The van der Waals surface area contributed by atoms with Crippen molar-refractivity contribution in [3.8, 4) is 0 Å². The van der Waals surface area contributed by atoms with Crippen LogP contribution >= 0.6 is 15.9 Å². The van der Waals surface area contributed by atoms with Crippen LogP contribution in [0.25, 0.3) is 0 Å². The minimum absolute atomic E-state index is 0.0179. The van der Waals surface area contributed by atoms with Gasteiger partial charge >= 0.3 is 0 Å². The third-order valence-corrected chi connectivity index (χ3v) is 3.34. The minimum atomic E-state index is -0.239. The van der Waals surface area contributed by atoms with Crippen molar-refractivity contribution in [3.63, 3.8) is 0 Å². The first-order valence-electron chi connectivity index (χ1n) is 6.26. The molecule has 0 radical (unpaired) electrons. The number of nitrogens with one attached hydrogen (secondary N) is 1. The fourth-order valence-electron chi connectivity index (χ4n) is 1.61. The number of likely N-dealkylation sites (N-methyl/N-ethyl adjacent to an activating group) is 1. The minimum Gasteiger partial charge on any atom is -0.345 e. The van der Waals surface area contributed by atoms with Gasteiger partial charge in [0.25, 0.3) is 5.91 Å². The largest absolute Gasteiger partial charge is 0.345 e. The molecule has 5 nitrogen and oxygen atoms in total. The summed E-state index contributed by atoms with van der Waals surface area (Å²) in [7, 11) is 1.71. The van der Waals surface area contributed by atoms with Gasteiger partial charge in [-0.05, 0) is 42.8 Å². The molecule has 2 amide bonds. The quantitative estimate of drug-likeness (QED) is 0.898. The van der Waals surface area contributed by atoms with Crippen LogP contribution in [0.4, 0.5) is 0 Å². The predicted octanol–water partition coefficient (Wildman–Crippen LogP) is 2.04. The molecule has 6 heteroatoms. The van der Waals surface area contributed by atoms with Crippen molar-refractivity contribution in [3.05, 3.63) is 22.4 Å². The van der Waals surface area contributed by atoms with Crippen LogP contribution in [0.2, 0.25) is 0 Å². The highest BCUT2D eigenvalue weighted by Crippen LogP contribution is 2.19. The summed E-state index contributed by atoms with van der Waals surface area (Å²) in [6.07, 6.45) is 1.86. The summed E-state index contributed by atoms with van der Waals surface area (Å²) in [5.41, 5.74) is 0.550. The van der Waals surface area contributed by atoms with E-state index >= 15 is 0 Å². The Morgan fingerprint density at radius 1 is 1.47 bits per heavy atom. The summed E-state index contributed by atoms with van der Waals surface area (Å²) >= 11 is 3.36. The first kappa shape index (κ1) is 15.8. The highest BCUT2D eigenvalue weighted by atomic mass is 79.9. The first-order chi connectivity index (χ1) is 8.86. The molecule has 0 fully saturated rings. The average Bonchev–Trinajstić information content (AvgIpc) is 2.76. The number of halogens is 1. The molecule has 0 atom stereocenters. The number of hydrogen-bond donors (Lipinski definition) is 1. The van der Waals surface area contributed by atoms with E-state index in [1.807, 2.05) is 31.5 Å². The second-order valence-electron chi connectivity index (χ2n) is 4.64. The van der Waals surface area contributed by atoms with Crippen molar-refractivity contribution >= 4 is 27.7 Å². The van der Waals surface area contributed by atoms with Gasteiger partial charge in [0.15, 0.2) is 0 Å². The fourth-order valence-corrected chi connectivity index (χ4v) is 2.05. The second-order valence-corrected chi connectivity index (χ2v) is 5.55. The Balaban J connectivity index is 2.71. The smallest absolute Gasteiger partial charge is 0.268 e. The molecule has 1 heterocycles. The lowest BCUT2D eigenvalue weighted by Crippen LogP contribution is -2.38. The van der Waals surface area contributed by atoms with E-state index in [4.69, 9.17) is 0 Å². The topological polar surface area (TPSA) is 54.3 Å². The summed E-state index contributed by atoms with van der Waals surface area (Å²) in [5.74, 6) is -0.338. The monoisotopic (exact) mass is 329 g/mol. The number of carbonyl (C=O) groups is 2. The number of nitrogens with zero attached hydrogens (tertiary/aromatic N) is 2. The summed E-state index contributed by atoms with van der Waals surface area (Å²) < 4.78 is 2.72. The van der Waals surface area contributed by atoms with E-state index < -0.39 is 0 Å². The van der Waals surface area contributed by atoms with Crippen molar-refractivity contribution in [2.24, 2.45) is 0 Å². The zero-order valence-electron chi connectivity index (χ0n) is 11.7. The van der Waals surface area contributed by atoms with Crippen LogP contribution in [0.15, 0.2) is 16.7 Å². The van der Waals surface area contributed by atoms with Crippen LogP contribution in [0, 0.1) is 0 Å². The highest BCUT2D eigenvalue weighted by Gasteiger charge is 2.16. The third-order valence-electron chi connectivity index (χ3n) is 2.90. The molecule has 1 aromatic heterocycles. The highest BCUT2D eigenvalue weighted by molar-refractivity contribution is 9.10. The van der Waals surface area contributed by atoms with E-state index in [-0.39, 0.29) is 24.4 Å². The van der Waals surface area contributed by atoms with Gasteiger partial charge in [0.2, 0.25) is 5.91 Å². The van der Waals surface area contributed by atoms with E-state index in [9.17, 15) is 9.59 Å². The predicted molar refractivity (Wildman–Crippen MR) is 78.2 cm³/mol. The number of amides is 2. The Labute approximate surface area is 122 Å². The van der Waals surface area contributed by atoms with Gasteiger partial charge < -0.3 is 14.8 Å². The first-order valence-corrected chi connectivity index (χ1v) is 7.05. The molecule has 1 rings (SSSR count). The van der Waals surface area contributed by atoms with Crippen LogP contribution in [-0.4, -0.2) is 41.4 Å². The molecular formula is C13H20BrN3O2. The van der Waals surface area contributed by atoms with Crippen LogP contribution in [0.5, 0.6) is 0 Å². The molecule has 0 aromatic carbocycles. The van der Waals surface area contributed by atoms with Gasteiger partial charge in [-0.2, -0.15) is 0 Å². The normalized spacial score (nSPS) is 10.6. The lowest BCUT2D eigenvalue weighted by Gasteiger charge is -2.16. The van der Waals surface area contributed by atoms with E-state index in [1.165, 1.54) is 0 Å². The second kappa shape index (κ2) is 6.75. The summed E-state index contributed by atoms with van der Waals surface area (Å²) in [4.78, 5) is 25.3. The molecule has 0 aliphatic heterocycles. The number of rotatable bonds is 5. The zero-order chi connectivity index (χ0) is 14.6. The van der Waals surface area contributed by atoms with E-state index in [1.54, 1.807) is 18.0 Å². The molecule has 0 unspecified atom stereocenters.